The van der Waals surface area contributed by atoms with E-state index < -0.39 is 53.9 Å². The number of carbonyl (C=O) groups is 4. The molecule has 1 aliphatic heterocycles. The van der Waals surface area contributed by atoms with Gasteiger partial charge in [0.2, 0.25) is 5.60 Å². The Hall–Kier alpha value is -3.42. The largest absolute Gasteiger partial charge is 0.463 e. The Bertz CT molecular complexity index is 933. The molecule has 0 bridgehead atoms. The smallest absolute Gasteiger partial charge is 0.350 e. The zero-order valence-electron chi connectivity index (χ0n) is 20.2. The monoisotopic (exact) mass is 490 g/mol. The number of hydrogen-bond donors (Lipinski definition) is 0. The van der Waals surface area contributed by atoms with Crippen LogP contribution in [0.4, 0.5) is 0 Å². The minimum absolute atomic E-state index is 0.0195. The van der Waals surface area contributed by atoms with E-state index in [1.54, 1.807) is 44.2 Å². The van der Waals surface area contributed by atoms with Crippen LogP contribution in [0, 0.1) is 12.3 Å². The molecule has 2 rings (SSSR count). The van der Waals surface area contributed by atoms with Gasteiger partial charge in [0, 0.05) is 20.3 Å². The van der Waals surface area contributed by atoms with Crippen LogP contribution < -0.4 is 0 Å². The topological polar surface area (TPSA) is 124 Å². The van der Waals surface area contributed by atoms with Gasteiger partial charge in [0.15, 0.2) is 6.10 Å². The summed E-state index contributed by atoms with van der Waals surface area (Å²) in [6, 6.07) is 8.69. The summed E-state index contributed by atoms with van der Waals surface area (Å²) in [5.41, 5.74) is -3.45. The molecular weight excluding hydrogens is 460 g/mol. The van der Waals surface area contributed by atoms with E-state index in [4.69, 9.17) is 34.8 Å². The number of rotatable bonds is 11. The van der Waals surface area contributed by atoms with E-state index in [2.05, 4.69) is 5.92 Å². The Morgan fingerprint density at radius 2 is 1.66 bits per heavy atom. The number of terminal acetylenes is 1. The highest BCUT2D eigenvalue weighted by atomic mass is 16.7. The first-order valence-corrected chi connectivity index (χ1v) is 11.1. The van der Waals surface area contributed by atoms with Gasteiger partial charge in [-0.25, -0.2) is 9.59 Å². The van der Waals surface area contributed by atoms with Gasteiger partial charge in [0.25, 0.3) is 5.60 Å². The van der Waals surface area contributed by atoms with Gasteiger partial charge in [-0.15, -0.1) is 6.42 Å². The van der Waals surface area contributed by atoms with Gasteiger partial charge in [-0.3, -0.25) is 9.59 Å². The van der Waals surface area contributed by atoms with E-state index >= 15 is 0 Å². The van der Waals surface area contributed by atoms with Crippen molar-refractivity contribution in [1.82, 2.24) is 0 Å². The Morgan fingerprint density at radius 1 is 1.06 bits per heavy atom. The van der Waals surface area contributed by atoms with E-state index in [-0.39, 0.29) is 26.2 Å². The third kappa shape index (κ3) is 6.38. The first-order valence-electron chi connectivity index (χ1n) is 11.1. The zero-order valence-corrected chi connectivity index (χ0v) is 20.2. The summed E-state index contributed by atoms with van der Waals surface area (Å²) in [5.74, 6) is -0.985. The summed E-state index contributed by atoms with van der Waals surface area (Å²) in [6.45, 7) is 4.76. The maximum atomic E-state index is 13.1. The van der Waals surface area contributed by atoms with Crippen LogP contribution in [0.3, 0.4) is 0 Å². The molecule has 0 N–H and O–H groups in total. The molecule has 0 spiro atoms. The molecule has 1 heterocycles. The number of carbonyl (C=O) groups excluding carboxylic acids is 4. The van der Waals surface area contributed by atoms with Gasteiger partial charge >= 0.3 is 23.9 Å². The molecule has 0 aromatic heterocycles. The molecule has 0 amide bonds. The predicted molar refractivity (Wildman–Crippen MR) is 121 cm³/mol. The molecule has 1 aromatic carbocycles. The Morgan fingerprint density at radius 3 is 2.14 bits per heavy atom. The average molecular weight is 491 g/mol. The molecule has 1 aromatic rings. The number of esters is 4. The minimum atomic E-state index is -2.20. The lowest BCUT2D eigenvalue weighted by molar-refractivity contribution is -0.200. The minimum Gasteiger partial charge on any atom is -0.463 e. The van der Waals surface area contributed by atoms with Crippen molar-refractivity contribution in [3.8, 4) is 12.3 Å². The van der Waals surface area contributed by atoms with Crippen LogP contribution in [0.5, 0.6) is 0 Å². The first kappa shape index (κ1) is 27.8. The van der Waals surface area contributed by atoms with E-state index in [0.29, 0.717) is 5.56 Å². The fourth-order valence-electron chi connectivity index (χ4n) is 3.73. The fourth-order valence-corrected chi connectivity index (χ4v) is 3.73. The lowest BCUT2D eigenvalue weighted by Gasteiger charge is -2.34. The molecule has 0 aliphatic carbocycles. The van der Waals surface area contributed by atoms with Crippen molar-refractivity contribution in [3.05, 3.63) is 35.9 Å². The Balaban J connectivity index is 2.46. The average Bonchev–Trinajstić information content (AvgIpc) is 3.13. The summed E-state index contributed by atoms with van der Waals surface area (Å²) in [6.07, 6.45) is 3.20. The fraction of sp³-hybridized carbons (Fsp3) is 0.520. The SMILES string of the molecule is C#C[C@]1(OC(C)=O)[C@@H](OC(C)=O)CO[C@@H]1COC(Cc1ccccc1)(C(=O)OCC)C(=O)OCC. The number of ether oxygens (including phenoxy) is 6. The van der Waals surface area contributed by atoms with Crippen LogP contribution >= 0.6 is 0 Å². The molecule has 1 aliphatic rings. The Kier molecular flexibility index (Phi) is 9.80. The lowest BCUT2D eigenvalue weighted by Crippen LogP contribution is -2.57. The first-order chi connectivity index (χ1) is 16.6. The van der Waals surface area contributed by atoms with Crippen molar-refractivity contribution >= 4 is 23.9 Å². The molecule has 10 nitrogen and oxygen atoms in total. The predicted octanol–water partition coefficient (Wildman–Crippen LogP) is 1.38. The van der Waals surface area contributed by atoms with E-state index in [1.165, 1.54) is 6.92 Å². The van der Waals surface area contributed by atoms with Crippen LogP contribution in [-0.4, -0.2) is 73.7 Å². The summed E-state index contributed by atoms with van der Waals surface area (Å²) in [7, 11) is 0. The number of hydrogen-bond acceptors (Lipinski definition) is 10. The molecule has 3 atom stereocenters. The van der Waals surface area contributed by atoms with E-state index in [1.807, 2.05) is 0 Å². The van der Waals surface area contributed by atoms with Gasteiger partial charge in [-0.05, 0) is 19.4 Å². The van der Waals surface area contributed by atoms with E-state index in [0.717, 1.165) is 6.92 Å². The third-order valence-electron chi connectivity index (χ3n) is 5.24. The van der Waals surface area contributed by atoms with Crippen LogP contribution in [-0.2, 0) is 54.0 Å². The van der Waals surface area contributed by atoms with Crippen LogP contribution in [0.25, 0.3) is 0 Å². The summed E-state index contributed by atoms with van der Waals surface area (Å²) in [5, 5.41) is 0. The molecule has 190 valence electrons. The highest BCUT2D eigenvalue weighted by Crippen LogP contribution is 2.34. The van der Waals surface area contributed by atoms with Crippen molar-refractivity contribution in [3.63, 3.8) is 0 Å². The number of benzene rings is 1. The van der Waals surface area contributed by atoms with Gasteiger partial charge < -0.3 is 28.4 Å². The quantitative estimate of drug-likeness (QED) is 0.194. The van der Waals surface area contributed by atoms with Crippen molar-refractivity contribution in [2.45, 2.75) is 57.5 Å². The molecule has 1 saturated heterocycles. The maximum Gasteiger partial charge on any atom is 0.350 e. The van der Waals surface area contributed by atoms with Crippen molar-refractivity contribution < 1.29 is 47.6 Å². The molecule has 1 fully saturated rings. The highest BCUT2D eigenvalue weighted by Gasteiger charge is 2.58. The van der Waals surface area contributed by atoms with Crippen molar-refractivity contribution in [2.24, 2.45) is 0 Å². The maximum absolute atomic E-state index is 13.1. The second kappa shape index (κ2) is 12.3. The van der Waals surface area contributed by atoms with Crippen LogP contribution in [0.2, 0.25) is 0 Å². The Labute approximate surface area is 204 Å². The third-order valence-corrected chi connectivity index (χ3v) is 5.24. The van der Waals surface area contributed by atoms with Crippen molar-refractivity contribution in [1.29, 1.82) is 0 Å². The molecular formula is C25H30O10. The molecule has 0 radical (unpaired) electrons. The summed E-state index contributed by atoms with van der Waals surface area (Å²) >= 11 is 0. The molecule has 35 heavy (non-hydrogen) atoms. The van der Waals surface area contributed by atoms with Crippen LogP contribution in [0.15, 0.2) is 30.3 Å². The van der Waals surface area contributed by atoms with Gasteiger partial charge in [0.1, 0.15) is 6.10 Å². The van der Waals surface area contributed by atoms with Crippen molar-refractivity contribution in [2.75, 3.05) is 26.4 Å². The standard InChI is InChI=1S/C25H30O10/c1-6-24(35-18(5)27)20(32-15-21(24)34-17(4)26)16-33-25(22(28)30-7-2,23(29)31-8-3)14-19-12-10-9-11-13-19/h1,9-13,20-21H,7-8,14-16H2,2-5H3/t20-,21+,24-/m1/s1. The summed E-state index contributed by atoms with van der Waals surface area (Å²) in [4.78, 5) is 49.7. The van der Waals surface area contributed by atoms with Gasteiger partial charge in [0.05, 0.1) is 26.4 Å². The van der Waals surface area contributed by atoms with Crippen LogP contribution in [0.1, 0.15) is 33.3 Å². The normalized spacial score (nSPS) is 21.5. The second-order valence-electron chi connectivity index (χ2n) is 7.69. The lowest BCUT2D eigenvalue weighted by atomic mass is 9.91. The molecule has 0 unspecified atom stereocenters. The van der Waals surface area contributed by atoms with Gasteiger partial charge in [-0.2, -0.15) is 0 Å². The highest BCUT2D eigenvalue weighted by molar-refractivity contribution is 6.04. The molecule has 0 saturated carbocycles. The summed E-state index contributed by atoms with van der Waals surface area (Å²) < 4.78 is 32.6. The second-order valence-corrected chi connectivity index (χ2v) is 7.69. The van der Waals surface area contributed by atoms with Gasteiger partial charge in [-0.1, -0.05) is 36.3 Å². The van der Waals surface area contributed by atoms with E-state index in [9.17, 15) is 19.2 Å². The molecule has 10 heteroatoms. The zero-order chi connectivity index (χ0) is 26.1.